The predicted molar refractivity (Wildman–Crippen MR) is 96.5 cm³/mol. The van der Waals surface area contributed by atoms with Gasteiger partial charge in [0, 0.05) is 11.5 Å². The van der Waals surface area contributed by atoms with Gasteiger partial charge in [-0.3, -0.25) is 0 Å². The fourth-order valence-electron chi connectivity index (χ4n) is 1.97. The van der Waals surface area contributed by atoms with Crippen molar-refractivity contribution in [1.29, 1.82) is 0 Å². The molecule has 2 aromatic rings. The number of hydrogen-bond donors (Lipinski definition) is 1. The minimum atomic E-state index is -0.684. The second kappa shape index (κ2) is 9.23. The summed E-state index contributed by atoms with van der Waals surface area (Å²) < 4.78 is 10.7. The highest BCUT2D eigenvalue weighted by molar-refractivity contribution is 7.98. The molecule has 5 heteroatoms. The molecule has 1 unspecified atom stereocenters. The van der Waals surface area contributed by atoms with E-state index >= 15 is 0 Å². The fourth-order valence-corrected chi connectivity index (χ4v) is 2.74. The summed E-state index contributed by atoms with van der Waals surface area (Å²) in [6.07, 6.45) is -0.684. The first kappa shape index (κ1) is 18.2. The van der Waals surface area contributed by atoms with Gasteiger partial charge in [0.1, 0.15) is 18.1 Å². The standard InChI is InChI=1S/C19H22O4S/c1-14-3-5-16(6-4-14)13-24-12-11-22-19(21)15(2)23-18-9-7-17(20)8-10-18/h3-10,15,20H,11-13H2,1-2H3. The van der Waals surface area contributed by atoms with Crippen LogP contribution in [-0.2, 0) is 15.3 Å². The Balaban J connectivity index is 1.63. The number of rotatable bonds is 8. The lowest BCUT2D eigenvalue weighted by Gasteiger charge is -2.14. The van der Waals surface area contributed by atoms with Crippen LogP contribution in [0.5, 0.6) is 11.5 Å². The molecule has 4 nitrogen and oxygen atoms in total. The monoisotopic (exact) mass is 346 g/mol. The summed E-state index contributed by atoms with van der Waals surface area (Å²) >= 11 is 1.73. The molecule has 0 saturated carbocycles. The molecule has 0 fully saturated rings. The molecule has 0 aromatic heterocycles. The van der Waals surface area contributed by atoms with Crippen LogP contribution < -0.4 is 4.74 Å². The number of thioether (sulfide) groups is 1. The Hall–Kier alpha value is -2.14. The van der Waals surface area contributed by atoms with Gasteiger partial charge in [0.25, 0.3) is 0 Å². The third kappa shape index (κ3) is 6.16. The molecule has 1 atom stereocenters. The molecule has 0 aliphatic carbocycles. The highest BCUT2D eigenvalue weighted by Gasteiger charge is 2.16. The average Bonchev–Trinajstić information content (AvgIpc) is 2.58. The van der Waals surface area contributed by atoms with Crippen LogP contribution in [0, 0.1) is 6.92 Å². The number of esters is 1. The van der Waals surface area contributed by atoms with Gasteiger partial charge in [0.05, 0.1) is 0 Å². The zero-order valence-corrected chi connectivity index (χ0v) is 14.7. The van der Waals surface area contributed by atoms with Crippen molar-refractivity contribution >= 4 is 17.7 Å². The molecule has 0 heterocycles. The number of aromatic hydroxyl groups is 1. The summed E-state index contributed by atoms with van der Waals surface area (Å²) in [5.74, 6) is 1.93. The predicted octanol–water partition coefficient (Wildman–Crippen LogP) is 3.94. The van der Waals surface area contributed by atoms with Crippen molar-refractivity contribution in [3.63, 3.8) is 0 Å². The number of benzene rings is 2. The zero-order chi connectivity index (χ0) is 17.4. The third-order valence-corrected chi connectivity index (χ3v) is 4.34. The Morgan fingerprint density at radius 2 is 1.79 bits per heavy atom. The van der Waals surface area contributed by atoms with Crippen LogP contribution in [0.1, 0.15) is 18.1 Å². The largest absolute Gasteiger partial charge is 0.508 e. The van der Waals surface area contributed by atoms with Gasteiger partial charge in [0.2, 0.25) is 0 Å². The van der Waals surface area contributed by atoms with Gasteiger partial charge in [-0.05, 0) is 43.7 Å². The molecule has 0 aliphatic rings. The number of phenolic OH excluding ortho intramolecular Hbond substituents is 1. The molecular weight excluding hydrogens is 324 g/mol. The minimum absolute atomic E-state index is 0.156. The molecule has 24 heavy (non-hydrogen) atoms. The SMILES string of the molecule is Cc1ccc(CSCCOC(=O)C(C)Oc2ccc(O)cc2)cc1. The number of carbonyl (C=O) groups is 1. The van der Waals surface area contributed by atoms with Crippen molar-refractivity contribution in [3.05, 3.63) is 59.7 Å². The van der Waals surface area contributed by atoms with Crippen molar-refractivity contribution in [2.45, 2.75) is 25.7 Å². The molecule has 0 spiro atoms. The molecule has 0 saturated heterocycles. The second-order valence-corrected chi connectivity index (χ2v) is 6.56. The average molecular weight is 346 g/mol. The lowest BCUT2D eigenvalue weighted by molar-refractivity contribution is -0.150. The quantitative estimate of drug-likeness (QED) is 0.579. The first-order chi connectivity index (χ1) is 11.5. The number of carbonyl (C=O) groups excluding carboxylic acids is 1. The Morgan fingerprint density at radius 1 is 1.12 bits per heavy atom. The zero-order valence-electron chi connectivity index (χ0n) is 13.9. The van der Waals surface area contributed by atoms with E-state index in [1.54, 1.807) is 30.8 Å². The maximum atomic E-state index is 11.9. The maximum absolute atomic E-state index is 11.9. The summed E-state index contributed by atoms with van der Waals surface area (Å²) in [5, 5.41) is 9.21. The second-order valence-electron chi connectivity index (χ2n) is 5.46. The van der Waals surface area contributed by atoms with Crippen LogP contribution in [0.25, 0.3) is 0 Å². The highest BCUT2D eigenvalue weighted by Crippen LogP contribution is 2.17. The number of ether oxygens (including phenoxy) is 2. The molecule has 2 aromatic carbocycles. The number of phenols is 1. The van der Waals surface area contributed by atoms with Gasteiger partial charge >= 0.3 is 5.97 Å². The molecule has 1 N–H and O–H groups in total. The summed E-state index contributed by atoms with van der Waals surface area (Å²) in [6, 6.07) is 14.7. The Morgan fingerprint density at radius 3 is 2.46 bits per heavy atom. The first-order valence-corrected chi connectivity index (χ1v) is 8.95. The Labute approximate surface area is 146 Å². The fraction of sp³-hybridized carbons (Fsp3) is 0.316. The van der Waals surface area contributed by atoms with Gasteiger partial charge in [-0.25, -0.2) is 4.79 Å². The molecule has 0 amide bonds. The lowest BCUT2D eigenvalue weighted by Crippen LogP contribution is -2.26. The molecule has 0 aliphatic heterocycles. The van der Waals surface area contributed by atoms with E-state index in [-0.39, 0.29) is 11.7 Å². The van der Waals surface area contributed by atoms with Crippen LogP contribution in [0.3, 0.4) is 0 Å². The van der Waals surface area contributed by atoms with Crippen LogP contribution in [0.2, 0.25) is 0 Å². The van der Waals surface area contributed by atoms with E-state index < -0.39 is 6.10 Å². The Bertz CT molecular complexity index is 637. The first-order valence-electron chi connectivity index (χ1n) is 7.80. The van der Waals surface area contributed by atoms with Crippen molar-refractivity contribution in [3.8, 4) is 11.5 Å². The van der Waals surface area contributed by atoms with E-state index in [0.29, 0.717) is 12.4 Å². The highest BCUT2D eigenvalue weighted by atomic mass is 32.2. The van der Waals surface area contributed by atoms with Gasteiger partial charge in [0.15, 0.2) is 6.10 Å². The van der Waals surface area contributed by atoms with Crippen LogP contribution >= 0.6 is 11.8 Å². The summed E-state index contributed by atoms with van der Waals surface area (Å²) in [4.78, 5) is 11.9. The van der Waals surface area contributed by atoms with Crippen LogP contribution in [0.15, 0.2) is 48.5 Å². The number of hydrogen-bond acceptors (Lipinski definition) is 5. The minimum Gasteiger partial charge on any atom is -0.508 e. The van der Waals surface area contributed by atoms with Crippen LogP contribution in [0.4, 0.5) is 0 Å². The Kier molecular flexibility index (Phi) is 7.00. The van der Waals surface area contributed by atoms with Gasteiger partial charge in [-0.1, -0.05) is 29.8 Å². The van der Waals surface area contributed by atoms with Crippen molar-refractivity contribution in [2.75, 3.05) is 12.4 Å². The van der Waals surface area contributed by atoms with Gasteiger partial charge < -0.3 is 14.6 Å². The van der Waals surface area contributed by atoms with Crippen LogP contribution in [-0.4, -0.2) is 29.5 Å². The van der Waals surface area contributed by atoms with E-state index in [9.17, 15) is 9.90 Å². The lowest BCUT2D eigenvalue weighted by atomic mass is 10.2. The topological polar surface area (TPSA) is 55.8 Å². The normalized spacial score (nSPS) is 11.8. The molecule has 0 radical (unpaired) electrons. The molecule has 2 rings (SSSR count). The molecule has 128 valence electrons. The van der Waals surface area contributed by atoms with E-state index in [4.69, 9.17) is 9.47 Å². The smallest absolute Gasteiger partial charge is 0.347 e. The van der Waals surface area contributed by atoms with E-state index in [0.717, 1.165) is 11.5 Å². The summed E-state index contributed by atoms with van der Waals surface area (Å²) in [5.41, 5.74) is 2.52. The van der Waals surface area contributed by atoms with Crippen molar-refractivity contribution in [2.24, 2.45) is 0 Å². The van der Waals surface area contributed by atoms with E-state index in [2.05, 4.69) is 31.2 Å². The maximum Gasteiger partial charge on any atom is 0.347 e. The number of aryl methyl sites for hydroxylation is 1. The summed E-state index contributed by atoms with van der Waals surface area (Å²) in [7, 11) is 0. The van der Waals surface area contributed by atoms with Crippen molar-refractivity contribution < 1.29 is 19.4 Å². The molecular formula is C19H22O4S. The summed E-state index contributed by atoms with van der Waals surface area (Å²) in [6.45, 7) is 4.07. The molecule has 0 bridgehead atoms. The van der Waals surface area contributed by atoms with Gasteiger partial charge in [-0.2, -0.15) is 11.8 Å². The van der Waals surface area contributed by atoms with E-state index in [1.165, 1.54) is 23.3 Å². The third-order valence-electron chi connectivity index (χ3n) is 3.34. The van der Waals surface area contributed by atoms with Gasteiger partial charge in [-0.15, -0.1) is 0 Å². The van der Waals surface area contributed by atoms with Crippen molar-refractivity contribution in [1.82, 2.24) is 0 Å². The van der Waals surface area contributed by atoms with E-state index in [1.807, 2.05) is 0 Å².